The van der Waals surface area contributed by atoms with E-state index in [1.54, 1.807) is 30.1 Å². The molecule has 1 saturated heterocycles. The van der Waals surface area contributed by atoms with Crippen molar-refractivity contribution in [1.82, 2.24) is 19.2 Å². The molecule has 1 aromatic carbocycles. The second kappa shape index (κ2) is 7.77. The number of likely N-dealkylation sites (tertiary alicyclic amines) is 1. The van der Waals surface area contributed by atoms with Gasteiger partial charge in [-0.05, 0) is 37.8 Å². The van der Waals surface area contributed by atoms with Gasteiger partial charge in [0.25, 0.3) is 0 Å². The molecular weight excluding hydrogens is 361 g/mol. The van der Waals surface area contributed by atoms with Gasteiger partial charge in [0, 0.05) is 32.1 Å². The summed E-state index contributed by atoms with van der Waals surface area (Å²) >= 11 is 0. The molecule has 1 aromatic heterocycles. The highest BCUT2D eigenvalue weighted by Gasteiger charge is 2.31. The number of urea groups is 1. The van der Waals surface area contributed by atoms with Crippen LogP contribution in [0.3, 0.4) is 0 Å². The van der Waals surface area contributed by atoms with Gasteiger partial charge >= 0.3 is 11.7 Å². The van der Waals surface area contributed by atoms with E-state index in [1.165, 1.54) is 10.7 Å². The van der Waals surface area contributed by atoms with Crippen LogP contribution in [-0.4, -0.2) is 38.4 Å². The van der Waals surface area contributed by atoms with Crippen molar-refractivity contribution in [3.8, 4) is 0 Å². The third-order valence-corrected chi connectivity index (χ3v) is 5.93. The first kappa shape index (κ1) is 18.7. The number of anilines is 1. The second-order valence-electron chi connectivity index (χ2n) is 7.74. The van der Waals surface area contributed by atoms with Crippen LogP contribution in [0.15, 0.2) is 29.1 Å². The number of benzene rings is 1. The minimum Gasteiger partial charge on any atom is -0.324 e. The summed E-state index contributed by atoms with van der Waals surface area (Å²) in [6.07, 6.45) is 5.85. The number of hydrogen-bond donors (Lipinski definition) is 1. The maximum Gasteiger partial charge on any atom is 0.345 e. The average Bonchev–Trinajstić information content (AvgIpc) is 3.32. The highest BCUT2D eigenvalue weighted by molar-refractivity contribution is 5.89. The number of rotatable bonds is 3. The summed E-state index contributed by atoms with van der Waals surface area (Å²) in [5, 5.41) is 7.17. The zero-order chi connectivity index (χ0) is 19.7. The third kappa shape index (κ3) is 3.55. The van der Waals surface area contributed by atoms with Crippen molar-refractivity contribution in [2.75, 3.05) is 18.4 Å². The van der Waals surface area contributed by atoms with Crippen LogP contribution in [0.5, 0.6) is 0 Å². The lowest BCUT2D eigenvalue weighted by atomic mass is 9.95. The molecule has 2 amide bonds. The summed E-state index contributed by atoms with van der Waals surface area (Å²) in [6.45, 7) is 1.11. The Labute approximate surface area is 163 Å². The predicted molar refractivity (Wildman–Crippen MR) is 104 cm³/mol. The van der Waals surface area contributed by atoms with Crippen molar-refractivity contribution in [2.24, 2.45) is 7.05 Å². The lowest BCUT2D eigenvalue weighted by Gasteiger charge is -2.32. The summed E-state index contributed by atoms with van der Waals surface area (Å²) in [4.78, 5) is 26.7. The Morgan fingerprint density at radius 3 is 2.50 bits per heavy atom. The van der Waals surface area contributed by atoms with Gasteiger partial charge in [0.1, 0.15) is 11.6 Å². The van der Waals surface area contributed by atoms with Gasteiger partial charge in [-0.25, -0.2) is 18.7 Å². The summed E-state index contributed by atoms with van der Waals surface area (Å²) in [7, 11) is 1.70. The summed E-state index contributed by atoms with van der Waals surface area (Å²) in [5.74, 6) is 0.570. The van der Waals surface area contributed by atoms with Gasteiger partial charge in [-0.15, -0.1) is 0 Å². The standard InChI is InChI=1S/C20H26FN5O2/c1-24-20(28)26(15-6-2-3-7-15)18(23-24)14-10-12-25(13-11-14)19(27)22-17-9-5-4-8-16(17)21/h4-5,8-9,14-15H,2-3,6-7,10-13H2,1H3,(H,22,27). The quantitative estimate of drug-likeness (QED) is 0.879. The molecule has 1 aliphatic carbocycles. The molecule has 4 rings (SSSR count). The molecular formula is C20H26FN5O2. The van der Waals surface area contributed by atoms with E-state index >= 15 is 0 Å². The zero-order valence-corrected chi connectivity index (χ0v) is 16.1. The molecule has 0 unspecified atom stereocenters. The molecule has 2 fully saturated rings. The Hall–Kier alpha value is -2.64. The second-order valence-corrected chi connectivity index (χ2v) is 7.74. The van der Waals surface area contributed by atoms with Gasteiger partial charge < -0.3 is 10.2 Å². The van der Waals surface area contributed by atoms with Crippen molar-refractivity contribution in [3.05, 3.63) is 46.4 Å². The van der Waals surface area contributed by atoms with Crippen LogP contribution in [-0.2, 0) is 7.05 Å². The Morgan fingerprint density at radius 1 is 1.14 bits per heavy atom. The van der Waals surface area contributed by atoms with Crippen LogP contribution >= 0.6 is 0 Å². The first-order valence-electron chi connectivity index (χ1n) is 10.0. The van der Waals surface area contributed by atoms with E-state index < -0.39 is 5.82 Å². The molecule has 28 heavy (non-hydrogen) atoms. The minimum absolute atomic E-state index is 0.0402. The highest BCUT2D eigenvalue weighted by Crippen LogP contribution is 2.33. The normalized spacial score (nSPS) is 18.6. The topological polar surface area (TPSA) is 72.2 Å². The smallest absolute Gasteiger partial charge is 0.324 e. The van der Waals surface area contributed by atoms with Crippen LogP contribution in [0.4, 0.5) is 14.9 Å². The van der Waals surface area contributed by atoms with Crippen molar-refractivity contribution in [3.63, 3.8) is 0 Å². The van der Waals surface area contributed by atoms with E-state index in [9.17, 15) is 14.0 Å². The molecule has 0 radical (unpaired) electrons. The van der Waals surface area contributed by atoms with Crippen LogP contribution < -0.4 is 11.0 Å². The van der Waals surface area contributed by atoms with E-state index in [0.29, 0.717) is 13.1 Å². The fourth-order valence-electron chi connectivity index (χ4n) is 4.38. The minimum atomic E-state index is -0.445. The molecule has 7 nitrogen and oxygen atoms in total. The number of para-hydroxylation sites is 1. The number of halogens is 1. The molecule has 150 valence electrons. The molecule has 1 aliphatic heterocycles. The molecule has 2 aromatic rings. The predicted octanol–water partition coefficient (Wildman–Crippen LogP) is 3.25. The molecule has 8 heteroatoms. The zero-order valence-electron chi connectivity index (χ0n) is 16.1. The summed E-state index contributed by atoms with van der Waals surface area (Å²) in [5.41, 5.74) is 0.149. The molecule has 0 atom stereocenters. The number of piperidine rings is 1. The lowest BCUT2D eigenvalue weighted by molar-refractivity contribution is 0.192. The Balaban J connectivity index is 1.43. The summed E-state index contributed by atoms with van der Waals surface area (Å²) < 4.78 is 17.1. The number of hydrogen-bond acceptors (Lipinski definition) is 3. The largest absolute Gasteiger partial charge is 0.345 e. The van der Waals surface area contributed by atoms with E-state index in [0.717, 1.165) is 44.3 Å². The van der Waals surface area contributed by atoms with Crippen LogP contribution in [0.25, 0.3) is 0 Å². The summed E-state index contributed by atoms with van der Waals surface area (Å²) in [6, 6.07) is 6.11. The van der Waals surface area contributed by atoms with Crippen molar-refractivity contribution in [1.29, 1.82) is 0 Å². The number of nitrogens with one attached hydrogen (secondary N) is 1. The fourth-order valence-corrected chi connectivity index (χ4v) is 4.38. The van der Waals surface area contributed by atoms with Gasteiger partial charge in [-0.2, -0.15) is 5.10 Å². The third-order valence-electron chi connectivity index (χ3n) is 5.93. The van der Waals surface area contributed by atoms with Crippen molar-refractivity contribution in [2.45, 2.75) is 50.5 Å². The maximum atomic E-state index is 13.8. The Kier molecular flexibility index (Phi) is 5.19. The lowest BCUT2D eigenvalue weighted by Crippen LogP contribution is -2.41. The monoisotopic (exact) mass is 387 g/mol. The van der Waals surface area contributed by atoms with Gasteiger partial charge in [0.05, 0.1) is 5.69 Å². The Bertz CT molecular complexity index is 908. The molecule has 0 spiro atoms. The van der Waals surface area contributed by atoms with E-state index in [2.05, 4.69) is 10.4 Å². The number of aromatic nitrogens is 3. The van der Waals surface area contributed by atoms with Gasteiger partial charge in [-0.1, -0.05) is 25.0 Å². The highest BCUT2D eigenvalue weighted by atomic mass is 19.1. The van der Waals surface area contributed by atoms with E-state index in [-0.39, 0.29) is 29.4 Å². The van der Waals surface area contributed by atoms with Gasteiger partial charge in [-0.3, -0.25) is 4.57 Å². The van der Waals surface area contributed by atoms with Gasteiger partial charge in [0.2, 0.25) is 0 Å². The molecule has 2 aliphatic rings. The first-order valence-corrected chi connectivity index (χ1v) is 10.0. The molecule has 2 heterocycles. The number of nitrogens with zero attached hydrogens (tertiary/aromatic N) is 4. The van der Waals surface area contributed by atoms with Crippen LogP contribution in [0, 0.1) is 5.82 Å². The SMILES string of the molecule is Cn1nc(C2CCN(C(=O)Nc3ccccc3F)CC2)n(C2CCCC2)c1=O. The van der Waals surface area contributed by atoms with Crippen molar-refractivity contribution < 1.29 is 9.18 Å². The number of carbonyl (C=O) groups is 1. The average molecular weight is 387 g/mol. The molecule has 1 saturated carbocycles. The Morgan fingerprint density at radius 2 is 1.82 bits per heavy atom. The number of aryl methyl sites for hydroxylation is 1. The number of carbonyl (C=O) groups excluding carboxylic acids is 1. The molecule has 1 N–H and O–H groups in total. The van der Waals surface area contributed by atoms with Crippen molar-refractivity contribution >= 4 is 11.7 Å². The van der Waals surface area contributed by atoms with Crippen LogP contribution in [0.2, 0.25) is 0 Å². The number of amides is 2. The van der Waals surface area contributed by atoms with Crippen LogP contribution in [0.1, 0.15) is 56.3 Å². The first-order chi connectivity index (χ1) is 13.5. The fraction of sp³-hybridized carbons (Fsp3) is 0.550. The molecule has 0 bridgehead atoms. The van der Waals surface area contributed by atoms with E-state index in [4.69, 9.17) is 0 Å². The van der Waals surface area contributed by atoms with Gasteiger partial charge in [0.15, 0.2) is 0 Å². The van der Waals surface area contributed by atoms with E-state index in [1.807, 2.05) is 4.57 Å². The maximum absolute atomic E-state index is 13.8.